The number of benzene rings is 1. The van der Waals surface area contributed by atoms with Crippen LogP contribution in [0.1, 0.15) is 5.56 Å². The fourth-order valence-corrected chi connectivity index (χ4v) is 1.89. The van der Waals surface area contributed by atoms with Gasteiger partial charge in [0.05, 0.1) is 44.0 Å². The van der Waals surface area contributed by atoms with Crippen LogP contribution in [0.3, 0.4) is 0 Å². The van der Waals surface area contributed by atoms with Gasteiger partial charge in [0.2, 0.25) is 0 Å². The smallest absolute Gasteiger partial charge is 0.163 e. The summed E-state index contributed by atoms with van der Waals surface area (Å²) in [5.41, 5.74) is 0.961. The highest BCUT2D eigenvalue weighted by molar-refractivity contribution is 5.68. The zero-order valence-electron chi connectivity index (χ0n) is 13.4. The summed E-state index contributed by atoms with van der Waals surface area (Å²) in [6.07, 6.45) is 1.63. The summed E-state index contributed by atoms with van der Waals surface area (Å²) in [5.74, 6) is 1.05. The van der Waals surface area contributed by atoms with E-state index in [1.54, 1.807) is 23.4 Å². The molecule has 0 amide bonds. The number of aliphatic imine (C=N–C) groups is 1. The molecule has 0 unspecified atom stereocenters. The van der Waals surface area contributed by atoms with E-state index >= 15 is 0 Å². The van der Waals surface area contributed by atoms with Crippen LogP contribution in [-0.4, -0.2) is 65.0 Å². The zero-order valence-corrected chi connectivity index (χ0v) is 13.4. The first-order chi connectivity index (χ1) is 11.2. The molecule has 1 heterocycles. The highest BCUT2D eigenvalue weighted by Crippen LogP contribution is 2.35. The molecular weight excluding hydrogens is 298 g/mol. The Morgan fingerprint density at radius 1 is 1.00 bits per heavy atom. The second kappa shape index (κ2) is 8.98. The van der Waals surface area contributed by atoms with Gasteiger partial charge in [0.25, 0.3) is 0 Å². The molecule has 0 N–H and O–H groups in total. The molecule has 0 spiro atoms. The van der Waals surface area contributed by atoms with Crippen LogP contribution in [0.25, 0.3) is 0 Å². The van der Waals surface area contributed by atoms with Crippen molar-refractivity contribution in [2.24, 2.45) is 4.99 Å². The topological polar surface area (TPSA) is 76.3 Å². The molecule has 7 heteroatoms. The van der Waals surface area contributed by atoms with Crippen LogP contribution in [0, 0.1) is 11.3 Å². The van der Waals surface area contributed by atoms with Gasteiger partial charge in [0.15, 0.2) is 11.5 Å². The van der Waals surface area contributed by atoms with E-state index in [4.69, 9.17) is 18.9 Å². The number of nitrogens with zero attached hydrogens (tertiary/aromatic N) is 3. The minimum atomic E-state index is 0.377. The summed E-state index contributed by atoms with van der Waals surface area (Å²) >= 11 is 0. The van der Waals surface area contributed by atoms with E-state index in [0.29, 0.717) is 62.4 Å². The van der Waals surface area contributed by atoms with Gasteiger partial charge in [0.1, 0.15) is 19.3 Å². The molecule has 0 aromatic heterocycles. The molecule has 1 aromatic rings. The lowest BCUT2D eigenvalue weighted by Crippen LogP contribution is -2.15. The minimum Gasteiger partial charge on any atom is -0.487 e. The number of rotatable bonds is 2. The number of hydrogen-bond acceptors (Lipinski definition) is 6. The molecule has 0 radical (unpaired) electrons. The lowest BCUT2D eigenvalue weighted by Gasteiger charge is -2.16. The third-order valence-electron chi connectivity index (χ3n) is 2.95. The zero-order chi connectivity index (χ0) is 16.5. The first-order valence-electron chi connectivity index (χ1n) is 7.40. The van der Waals surface area contributed by atoms with Crippen LogP contribution in [-0.2, 0) is 9.47 Å². The summed E-state index contributed by atoms with van der Waals surface area (Å²) in [6, 6.07) is 5.48. The molecule has 0 fully saturated rings. The Bertz CT molecular complexity index is 581. The standard InChI is InChI=1S/C16H21N3O4/c1-19(2)12-18-14-10-16-15(9-13(14)11-17)22-7-5-20-3-4-21-6-8-23-16/h9-10,12H,3-8H2,1-2H3/b18-12+. The third-order valence-corrected chi connectivity index (χ3v) is 2.95. The number of hydrogen-bond donors (Lipinski definition) is 0. The van der Waals surface area contributed by atoms with Crippen LogP contribution in [0.2, 0.25) is 0 Å². The van der Waals surface area contributed by atoms with Crippen molar-refractivity contribution in [2.45, 2.75) is 0 Å². The van der Waals surface area contributed by atoms with Crippen LogP contribution >= 0.6 is 0 Å². The van der Waals surface area contributed by atoms with Crippen LogP contribution < -0.4 is 9.47 Å². The fourth-order valence-electron chi connectivity index (χ4n) is 1.89. The fraction of sp³-hybridized carbons (Fsp3) is 0.500. The largest absolute Gasteiger partial charge is 0.487 e. The summed E-state index contributed by atoms with van der Waals surface area (Å²) in [7, 11) is 3.72. The quantitative estimate of drug-likeness (QED) is 0.608. The van der Waals surface area contributed by atoms with Crippen molar-refractivity contribution in [3.8, 4) is 17.6 Å². The van der Waals surface area contributed by atoms with E-state index in [2.05, 4.69) is 11.1 Å². The molecule has 2 rings (SSSR count). The number of ether oxygens (including phenoxy) is 4. The summed E-state index contributed by atoms with van der Waals surface area (Å²) < 4.78 is 22.2. The lowest BCUT2D eigenvalue weighted by molar-refractivity contribution is 0.0223. The van der Waals surface area contributed by atoms with E-state index in [0.717, 1.165) is 0 Å². The highest BCUT2D eigenvalue weighted by Gasteiger charge is 2.13. The van der Waals surface area contributed by atoms with Gasteiger partial charge < -0.3 is 23.8 Å². The maximum absolute atomic E-state index is 9.32. The molecule has 0 bridgehead atoms. The van der Waals surface area contributed by atoms with Gasteiger partial charge in [-0.3, -0.25) is 0 Å². The minimum absolute atomic E-state index is 0.377. The third kappa shape index (κ3) is 5.43. The predicted molar refractivity (Wildman–Crippen MR) is 85.6 cm³/mol. The molecule has 1 aliphatic rings. The van der Waals surface area contributed by atoms with Gasteiger partial charge in [-0.05, 0) is 0 Å². The molecule has 1 aromatic carbocycles. The second-order valence-electron chi connectivity index (χ2n) is 5.06. The Morgan fingerprint density at radius 2 is 1.57 bits per heavy atom. The van der Waals surface area contributed by atoms with Gasteiger partial charge in [-0.15, -0.1) is 0 Å². The van der Waals surface area contributed by atoms with Crippen molar-refractivity contribution < 1.29 is 18.9 Å². The van der Waals surface area contributed by atoms with E-state index in [9.17, 15) is 5.26 Å². The molecule has 23 heavy (non-hydrogen) atoms. The van der Waals surface area contributed by atoms with Gasteiger partial charge in [-0.2, -0.15) is 5.26 Å². The van der Waals surface area contributed by atoms with Crippen molar-refractivity contribution in [3.05, 3.63) is 17.7 Å². The van der Waals surface area contributed by atoms with E-state index < -0.39 is 0 Å². The maximum atomic E-state index is 9.32. The summed E-state index contributed by atoms with van der Waals surface area (Å²) in [6.45, 7) is 2.73. The number of fused-ring (bicyclic) bond motifs is 1. The molecule has 0 saturated carbocycles. The molecule has 0 atom stereocenters. The lowest BCUT2D eigenvalue weighted by atomic mass is 10.1. The monoisotopic (exact) mass is 319 g/mol. The summed E-state index contributed by atoms with van der Waals surface area (Å²) in [5, 5.41) is 9.32. The van der Waals surface area contributed by atoms with Crippen LogP contribution in [0.15, 0.2) is 17.1 Å². The van der Waals surface area contributed by atoms with Crippen molar-refractivity contribution in [2.75, 3.05) is 53.7 Å². The predicted octanol–water partition coefficient (Wildman–Crippen LogP) is 1.58. The van der Waals surface area contributed by atoms with Crippen molar-refractivity contribution in [1.82, 2.24) is 4.90 Å². The normalized spacial score (nSPS) is 16.2. The van der Waals surface area contributed by atoms with Crippen molar-refractivity contribution >= 4 is 12.0 Å². The molecular formula is C16H21N3O4. The van der Waals surface area contributed by atoms with Crippen LogP contribution in [0.4, 0.5) is 5.69 Å². The maximum Gasteiger partial charge on any atom is 0.163 e. The average Bonchev–Trinajstić information content (AvgIpc) is 2.53. The van der Waals surface area contributed by atoms with Gasteiger partial charge >= 0.3 is 0 Å². The van der Waals surface area contributed by atoms with E-state index in [-0.39, 0.29) is 0 Å². The molecule has 0 saturated heterocycles. The number of nitriles is 1. The second-order valence-corrected chi connectivity index (χ2v) is 5.06. The van der Waals surface area contributed by atoms with Gasteiger partial charge in [0, 0.05) is 26.2 Å². The first-order valence-corrected chi connectivity index (χ1v) is 7.40. The van der Waals surface area contributed by atoms with Gasteiger partial charge in [-0.1, -0.05) is 0 Å². The van der Waals surface area contributed by atoms with E-state index in [1.807, 2.05) is 14.1 Å². The SMILES string of the molecule is CN(C)/C=N/c1cc2c(cc1C#N)OCCOCCOCCO2. The Balaban J connectivity index is 2.27. The Labute approximate surface area is 136 Å². The van der Waals surface area contributed by atoms with E-state index in [1.165, 1.54) is 0 Å². The summed E-state index contributed by atoms with van der Waals surface area (Å²) in [4.78, 5) is 6.10. The average molecular weight is 319 g/mol. The van der Waals surface area contributed by atoms with Gasteiger partial charge in [-0.25, -0.2) is 4.99 Å². The molecule has 0 aliphatic carbocycles. The Hall–Kier alpha value is -2.30. The van der Waals surface area contributed by atoms with Crippen molar-refractivity contribution in [3.63, 3.8) is 0 Å². The molecule has 7 nitrogen and oxygen atoms in total. The first kappa shape index (κ1) is 17.1. The molecule has 124 valence electrons. The Morgan fingerprint density at radius 3 is 2.13 bits per heavy atom. The molecule has 1 aliphatic heterocycles. The highest BCUT2D eigenvalue weighted by atomic mass is 16.6. The van der Waals surface area contributed by atoms with Crippen molar-refractivity contribution in [1.29, 1.82) is 5.26 Å². The Kier molecular flexibility index (Phi) is 6.66. The van der Waals surface area contributed by atoms with Crippen LogP contribution in [0.5, 0.6) is 11.5 Å².